The molecule has 0 N–H and O–H groups in total. The third-order valence-electron chi connectivity index (χ3n) is 4.83. The second-order valence-corrected chi connectivity index (χ2v) is 7.11. The molecule has 0 fully saturated rings. The highest BCUT2D eigenvalue weighted by Gasteiger charge is 2.24. The fourth-order valence-corrected chi connectivity index (χ4v) is 3.51. The summed E-state index contributed by atoms with van der Waals surface area (Å²) in [5, 5.41) is 8.89. The topological polar surface area (TPSA) is 69.5 Å². The number of halogens is 1. The minimum atomic E-state index is -0.187. The van der Waals surface area contributed by atoms with Gasteiger partial charge in [0.15, 0.2) is 17.2 Å². The van der Waals surface area contributed by atoms with Crippen LogP contribution in [0.1, 0.15) is 28.7 Å². The lowest BCUT2D eigenvalue weighted by atomic mass is 10.1. The summed E-state index contributed by atoms with van der Waals surface area (Å²) in [6.07, 6.45) is 0. The summed E-state index contributed by atoms with van der Waals surface area (Å²) in [5.74, 6) is 1.22. The minimum absolute atomic E-state index is 0.187. The van der Waals surface area contributed by atoms with Crippen LogP contribution in [0.15, 0.2) is 42.5 Å². The number of para-hydroxylation sites is 1. The zero-order chi connectivity index (χ0) is 20.4. The number of rotatable bonds is 5. The number of fused-ring (bicyclic) bond motifs is 1. The Morgan fingerprint density at radius 1 is 1.21 bits per heavy atom. The minimum Gasteiger partial charge on any atom is -0.486 e. The summed E-state index contributed by atoms with van der Waals surface area (Å²) in [4.78, 5) is 14.9. The standard InChI is InChI=1S/C21H21ClN4O3/c1-3-25(13-15-6-4-9-18-20(15)29-11-10-28-18)21(27)19-14(2)26(24-23-19)17-8-5-7-16(22)12-17/h4-9,12H,3,10-11,13H2,1-2H3. The van der Waals surface area contributed by atoms with Gasteiger partial charge in [0, 0.05) is 23.7 Å². The number of ether oxygens (including phenoxy) is 2. The van der Waals surface area contributed by atoms with E-state index in [0.717, 1.165) is 11.3 Å². The lowest BCUT2D eigenvalue weighted by molar-refractivity contribution is 0.0742. The molecule has 0 radical (unpaired) electrons. The molecule has 0 spiro atoms. The molecule has 1 aliphatic rings. The first kappa shape index (κ1) is 19.3. The maximum absolute atomic E-state index is 13.2. The van der Waals surface area contributed by atoms with E-state index in [1.165, 1.54) is 0 Å². The van der Waals surface area contributed by atoms with E-state index in [9.17, 15) is 4.79 Å². The van der Waals surface area contributed by atoms with Crippen LogP contribution in [-0.4, -0.2) is 45.6 Å². The smallest absolute Gasteiger partial charge is 0.276 e. The van der Waals surface area contributed by atoms with Gasteiger partial charge >= 0.3 is 0 Å². The highest BCUT2D eigenvalue weighted by atomic mass is 35.5. The molecule has 29 heavy (non-hydrogen) atoms. The summed E-state index contributed by atoms with van der Waals surface area (Å²) < 4.78 is 13.0. The van der Waals surface area contributed by atoms with E-state index in [1.54, 1.807) is 21.7 Å². The van der Waals surface area contributed by atoms with Crippen LogP contribution in [0.4, 0.5) is 0 Å². The highest BCUT2D eigenvalue weighted by Crippen LogP contribution is 2.34. The Labute approximate surface area is 173 Å². The Kier molecular flexibility index (Phi) is 5.40. The van der Waals surface area contributed by atoms with Crippen molar-refractivity contribution >= 4 is 17.5 Å². The van der Waals surface area contributed by atoms with Gasteiger partial charge in [-0.25, -0.2) is 4.68 Å². The summed E-state index contributed by atoms with van der Waals surface area (Å²) in [6.45, 7) is 5.69. The van der Waals surface area contributed by atoms with E-state index < -0.39 is 0 Å². The molecule has 0 saturated carbocycles. The molecule has 1 aliphatic heterocycles. The van der Waals surface area contributed by atoms with Gasteiger partial charge in [0.1, 0.15) is 13.2 Å². The maximum Gasteiger partial charge on any atom is 0.276 e. The van der Waals surface area contributed by atoms with Crippen molar-refractivity contribution in [2.75, 3.05) is 19.8 Å². The zero-order valence-corrected chi connectivity index (χ0v) is 17.0. The number of hydrogen-bond acceptors (Lipinski definition) is 5. The van der Waals surface area contributed by atoms with Gasteiger partial charge in [-0.2, -0.15) is 0 Å². The Morgan fingerprint density at radius 3 is 2.79 bits per heavy atom. The molecule has 2 aromatic carbocycles. The van der Waals surface area contributed by atoms with Crippen LogP contribution < -0.4 is 9.47 Å². The second kappa shape index (κ2) is 8.13. The number of carbonyl (C=O) groups is 1. The van der Waals surface area contributed by atoms with Gasteiger partial charge in [0.25, 0.3) is 5.91 Å². The van der Waals surface area contributed by atoms with Crippen molar-refractivity contribution in [3.63, 3.8) is 0 Å². The molecule has 1 amide bonds. The van der Waals surface area contributed by atoms with Gasteiger partial charge < -0.3 is 14.4 Å². The SMILES string of the molecule is CCN(Cc1cccc2c1OCCO2)C(=O)c1nnn(-c2cccc(Cl)c2)c1C. The molecule has 1 aromatic heterocycles. The van der Waals surface area contributed by atoms with E-state index in [-0.39, 0.29) is 5.91 Å². The zero-order valence-electron chi connectivity index (χ0n) is 16.3. The van der Waals surface area contributed by atoms with Crippen LogP contribution in [0.3, 0.4) is 0 Å². The maximum atomic E-state index is 13.2. The van der Waals surface area contributed by atoms with E-state index in [1.807, 2.05) is 44.2 Å². The average molecular weight is 413 g/mol. The van der Waals surface area contributed by atoms with Gasteiger partial charge in [-0.15, -0.1) is 5.10 Å². The van der Waals surface area contributed by atoms with Gasteiger partial charge in [-0.1, -0.05) is 35.0 Å². The molecular weight excluding hydrogens is 392 g/mol. The van der Waals surface area contributed by atoms with E-state index in [4.69, 9.17) is 21.1 Å². The number of nitrogens with zero attached hydrogens (tertiary/aromatic N) is 4. The van der Waals surface area contributed by atoms with E-state index in [0.29, 0.717) is 54.2 Å². The lowest BCUT2D eigenvalue weighted by Gasteiger charge is -2.25. The summed E-state index contributed by atoms with van der Waals surface area (Å²) in [6, 6.07) is 13.0. The Balaban J connectivity index is 1.60. The summed E-state index contributed by atoms with van der Waals surface area (Å²) >= 11 is 6.08. The van der Waals surface area contributed by atoms with Gasteiger partial charge in [-0.3, -0.25) is 4.79 Å². The molecule has 150 valence electrons. The predicted octanol–water partition coefficient (Wildman–Crippen LogP) is 3.66. The number of amides is 1. The fraction of sp³-hybridized carbons (Fsp3) is 0.286. The van der Waals surface area contributed by atoms with E-state index in [2.05, 4.69) is 10.3 Å². The number of aromatic nitrogens is 3. The van der Waals surface area contributed by atoms with Gasteiger partial charge in [-0.05, 0) is 38.1 Å². The number of carbonyl (C=O) groups excluding carboxylic acids is 1. The molecule has 0 unspecified atom stereocenters. The molecule has 7 nitrogen and oxygen atoms in total. The second-order valence-electron chi connectivity index (χ2n) is 6.68. The largest absolute Gasteiger partial charge is 0.486 e. The number of benzene rings is 2. The first-order valence-electron chi connectivity index (χ1n) is 9.43. The third-order valence-corrected chi connectivity index (χ3v) is 5.06. The monoisotopic (exact) mass is 412 g/mol. The van der Waals surface area contributed by atoms with Crippen molar-refractivity contribution < 1.29 is 14.3 Å². The van der Waals surface area contributed by atoms with Crippen LogP contribution in [0.5, 0.6) is 11.5 Å². The van der Waals surface area contributed by atoms with Crippen LogP contribution in [0, 0.1) is 6.92 Å². The summed E-state index contributed by atoms with van der Waals surface area (Å²) in [7, 11) is 0. The van der Waals surface area contributed by atoms with Gasteiger partial charge in [0.05, 0.1) is 11.4 Å². The normalized spacial score (nSPS) is 12.7. The van der Waals surface area contributed by atoms with E-state index >= 15 is 0 Å². The highest BCUT2D eigenvalue weighted by molar-refractivity contribution is 6.30. The Morgan fingerprint density at radius 2 is 2.00 bits per heavy atom. The number of hydrogen-bond donors (Lipinski definition) is 0. The molecule has 2 heterocycles. The predicted molar refractivity (Wildman–Crippen MR) is 109 cm³/mol. The van der Waals surface area contributed by atoms with Crippen LogP contribution in [0.25, 0.3) is 5.69 Å². The molecule has 0 aliphatic carbocycles. The molecule has 0 bridgehead atoms. The molecule has 0 saturated heterocycles. The summed E-state index contributed by atoms with van der Waals surface area (Å²) in [5.41, 5.74) is 2.63. The van der Waals surface area contributed by atoms with Crippen LogP contribution in [0.2, 0.25) is 5.02 Å². The molecular formula is C21H21ClN4O3. The van der Waals surface area contributed by atoms with Crippen molar-refractivity contribution in [2.24, 2.45) is 0 Å². The van der Waals surface area contributed by atoms with Crippen molar-refractivity contribution in [3.8, 4) is 17.2 Å². The quantitative estimate of drug-likeness (QED) is 0.639. The Hall–Kier alpha value is -3.06. The average Bonchev–Trinajstić information content (AvgIpc) is 3.13. The first-order valence-corrected chi connectivity index (χ1v) is 9.81. The first-order chi connectivity index (χ1) is 14.1. The van der Waals surface area contributed by atoms with Crippen molar-refractivity contribution in [1.29, 1.82) is 0 Å². The van der Waals surface area contributed by atoms with Crippen molar-refractivity contribution in [1.82, 2.24) is 19.9 Å². The third kappa shape index (κ3) is 3.78. The Bertz CT molecular complexity index is 1050. The molecule has 0 atom stereocenters. The van der Waals surface area contributed by atoms with Crippen molar-refractivity contribution in [2.45, 2.75) is 20.4 Å². The van der Waals surface area contributed by atoms with Gasteiger partial charge in [0.2, 0.25) is 0 Å². The van der Waals surface area contributed by atoms with Crippen LogP contribution in [-0.2, 0) is 6.54 Å². The lowest BCUT2D eigenvalue weighted by Crippen LogP contribution is -2.31. The fourth-order valence-electron chi connectivity index (χ4n) is 3.32. The van der Waals surface area contributed by atoms with Crippen molar-refractivity contribution in [3.05, 3.63) is 64.4 Å². The van der Waals surface area contributed by atoms with Crippen LogP contribution >= 0.6 is 11.6 Å². The molecule has 3 aromatic rings. The molecule has 4 rings (SSSR count). The molecule has 8 heteroatoms.